The number of aromatic nitrogens is 2. The Kier molecular flexibility index (Phi) is 4.14. The summed E-state index contributed by atoms with van der Waals surface area (Å²) >= 11 is 5.92. The van der Waals surface area contributed by atoms with Crippen LogP contribution in [0.5, 0.6) is 0 Å². The number of benzene rings is 2. The molecule has 2 N–H and O–H groups in total. The standard InChI is InChI=1S/C18H15ClN4O2S/c19-15-6-4-12(5-7-15)13-2-1-3-16(8-13)26(24,25)23-10-14-9-21-18(20)22-17(14)11-23/h1-9H,10-11H2,(H2,20,21,22). The SMILES string of the molecule is Nc1ncc2c(n1)CN(S(=O)(=O)c1cccc(-c3ccc(Cl)cc3)c1)C2. The highest BCUT2D eigenvalue weighted by Gasteiger charge is 2.32. The van der Waals surface area contributed by atoms with Crippen molar-refractivity contribution in [3.63, 3.8) is 0 Å². The Hall–Kier alpha value is -2.48. The third-order valence-electron chi connectivity index (χ3n) is 4.30. The first-order valence-corrected chi connectivity index (χ1v) is 9.72. The van der Waals surface area contributed by atoms with Gasteiger partial charge in [0.15, 0.2) is 0 Å². The zero-order valence-electron chi connectivity index (χ0n) is 13.6. The van der Waals surface area contributed by atoms with Gasteiger partial charge in [-0.1, -0.05) is 35.9 Å². The second-order valence-corrected chi connectivity index (χ2v) is 8.38. The molecule has 8 heteroatoms. The second-order valence-electron chi connectivity index (χ2n) is 6.01. The first-order valence-electron chi connectivity index (χ1n) is 7.90. The molecular weight excluding hydrogens is 372 g/mol. The van der Waals surface area contributed by atoms with Gasteiger partial charge >= 0.3 is 0 Å². The molecular formula is C18H15ClN4O2S. The minimum atomic E-state index is -3.66. The molecule has 1 aliphatic heterocycles. The Balaban J connectivity index is 1.67. The van der Waals surface area contributed by atoms with Gasteiger partial charge in [0.1, 0.15) is 0 Å². The molecule has 0 spiro atoms. The van der Waals surface area contributed by atoms with Gasteiger partial charge < -0.3 is 5.73 Å². The molecule has 0 bridgehead atoms. The van der Waals surface area contributed by atoms with Crippen molar-refractivity contribution in [3.8, 4) is 11.1 Å². The van der Waals surface area contributed by atoms with Crippen LogP contribution in [0.25, 0.3) is 11.1 Å². The van der Waals surface area contributed by atoms with Crippen molar-refractivity contribution in [2.75, 3.05) is 5.73 Å². The molecule has 2 aromatic carbocycles. The van der Waals surface area contributed by atoms with Crippen molar-refractivity contribution in [1.29, 1.82) is 0 Å². The van der Waals surface area contributed by atoms with E-state index in [2.05, 4.69) is 9.97 Å². The summed E-state index contributed by atoms with van der Waals surface area (Å²) in [5, 5.41) is 0.632. The predicted octanol–water partition coefficient (Wildman–Crippen LogP) is 3.08. The van der Waals surface area contributed by atoms with Crippen LogP contribution in [-0.4, -0.2) is 22.7 Å². The Labute approximate surface area is 156 Å². The lowest BCUT2D eigenvalue weighted by molar-refractivity contribution is 0.430. The van der Waals surface area contributed by atoms with Crippen LogP contribution in [0, 0.1) is 0 Å². The van der Waals surface area contributed by atoms with E-state index in [1.165, 1.54) is 4.31 Å². The number of anilines is 1. The minimum absolute atomic E-state index is 0.146. The van der Waals surface area contributed by atoms with Crippen molar-refractivity contribution in [1.82, 2.24) is 14.3 Å². The summed E-state index contributed by atoms with van der Waals surface area (Å²) in [6.45, 7) is 0.429. The van der Waals surface area contributed by atoms with Crippen LogP contribution in [0.1, 0.15) is 11.3 Å². The quantitative estimate of drug-likeness (QED) is 0.747. The number of nitrogens with two attached hydrogens (primary N) is 1. The molecule has 0 fully saturated rings. The normalized spacial score (nSPS) is 14.3. The van der Waals surface area contributed by atoms with E-state index in [0.717, 1.165) is 16.7 Å². The van der Waals surface area contributed by atoms with Crippen LogP contribution in [0.15, 0.2) is 59.6 Å². The van der Waals surface area contributed by atoms with E-state index in [-0.39, 0.29) is 23.9 Å². The summed E-state index contributed by atoms with van der Waals surface area (Å²) in [5.41, 5.74) is 8.72. The summed E-state index contributed by atoms with van der Waals surface area (Å²) in [6, 6.07) is 14.1. The smallest absolute Gasteiger partial charge is 0.243 e. The first kappa shape index (κ1) is 17.0. The summed E-state index contributed by atoms with van der Waals surface area (Å²) in [7, 11) is -3.66. The average molecular weight is 387 g/mol. The zero-order chi connectivity index (χ0) is 18.3. The monoisotopic (exact) mass is 386 g/mol. The fourth-order valence-electron chi connectivity index (χ4n) is 2.94. The number of rotatable bonds is 3. The zero-order valence-corrected chi connectivity index (χ0v) is 15.2. The van der Waals surface area contributed by atoms with E-state index < -0.39 is 10.0 Å². The molecule has 3 aromatic rings. The maximum Gasteiger partial charge on any atom is 0.243 e. The molecule has 2 heterocycles. The van der Waals surface area contributed by atoms with Gasteiger partial charge in [-0.3, -0.25) is 0 Å². The number of nitrogen functional groups attached to an aromatic ring is 1. The molecule has 1 aromatic heterocycles. The number of hydrogen-bond acceptors (Lipinski definition) is 5. The van der Waals surface area contributed by atoms with Gasteiger partial charge in [-0.2, -0.15) is 4.31 Å². The number of fused-ring (bicyclic) bond motifs is 1. The van der Waals surface area contributed by atoms with Gasteiger partial charge in [0.2, 0.25) is 16.0 Å². The van der Waals surface area contributed by atoms with Crippen LogP contribution in [0.4, 0.5) is 5.95 Å². The van der Waals surface area contributed by atoms with E-state index in [4.69, 9.17) is 17.3 Å². The van der Waals surface area contributed by atoms with Gasteiger partial charge in [0.05, 0.1) is 17.1 Å². The molecule has 0 aliphatic carbocycles. The molecule has 0 saturated heterocycles. The topological polar surface area (TPSA) is 89.2 Å². The molecule has 0 unspecified atom stereocenters. The largest absolute Gasteiger partial charge is 0.368 e. The minimum Gasteiger partial charge on any atom is -0.368 e. The van der Waals surface area contributed by atoms with Crippen LogP contribution >= 0.6 is 11.6 Å². The van der Waals surface area contributed by atoms with Crippen molar-refractivity contribution in [2.24, 2.45) is 0 Å². The summed E-state index contributed by atoms with van der Waals surface area (Å²) in [5.74, 6) is 0.146. The number of nitrogens with zero attached hydrogens (tertiary/aromatic N) is 3. The predicted molar refractivity (Wildman–Crippen MR) is 99.8 cm³/mol. The number of sulfonamides is 1. The Morgan fingerprint density at radius 3 is 2.58 bits per heavy atom. The van der Waals surface area contributed by atoms with Crippen LogP contribution < -0.4 is 5.73 Å². The molecule has 6 nitrogen and oxygen atoms in total. The van der Waals surface area contributed by atoms with Gasteiger partial charge in [0.25, 0.3) is 0 Å². The Bertz CT molecular complexity index is 1080. The van der Waals surface area contributed by atoms with Crippen molar-refractivity contribution < 1.29 is 8.42 Å². The maximum atomic E-state index is 13.1. The average Bonchev–Trinajstić information content (AvgIpc) is 3.06. The Morgan fingerprint density at radius 1 is 1.04 bits per heavy atom. The highest BCUT2D eigenvalue weighted by Crippen LogP contribution is 2.30. The van der Waals surface area contributed by atoms with Gasteiger partial charge in [-0.05, 0) is 35.4 Å². The highest BCUT2D eigenvalue weighted by molar-refractivity contribution is 7.89. The second kappa shape index (κ2) is 6.35. The molecule has 0 radical (unpaired) electrons. The molecule has 132 valence electrons. The van der Waals surface area contributed by atoms with Crippen LogP contribution in [-0.2, 0) is 23.1 Å². The van der Waals surface area contributed by atoms with Crippen molar-refractivity contribution >= 4 is 27.6 Å². The fourth-order valence-corrected chi connectivity index (χ4v) is 4.49. The lowest BCUT2D eigenvalue weighted by Gasteiger charge is -2.16. The number of hydrogen-bond donors (Lipinski definition) is 1. The molecule has 26 heavy (non-hydrogen) atoms. The van der Waals surface area contributed by atoms with E-state index in [9.17, 15) is 8.42 Å². The molecule has 1 aliphatic rings. The first-order chi connectivity index (χ1) is 12.4. The lowest BCUT2D eigenvalue weighted by atomic mass is 10.1. The van der Waals surface area contributed by atoms with E-state index in [1.54, 1.807) is 36.5 Å². The van der Waals surface area contributed by atoms with Crippen LogP contribution in [0.2, 0.25) is 5.02 Å². The van der Waals surface area contributed by atoms with Gasteiger partial charge in [-0.25, -0.2) is 18.4 Å². The van der Waals surface area contributed by atoms with Gasteiger partial charge in [-0.15, -0.1) is 0 Å². The molecule has 0 saturated carbocycles. The highest BCUT2D eigenvalue weighted by atomic mass is 35.5. The molecule has 0 atom stereocenters. The number of halogens is 1. The summed E-state index contributed by atoms with van der Waals surface area (Å²) in [6.07, 6.45) is 1.58. The van der Waals surface area contributed by atoms with Crippen LogP contribution in [0.3, 0.4) is 0 Å². The fraction of sp³-hybridized carbons (Fsp3) is 0.111. The summed E-state index contributed by atoms with van der Waals surface area (Å²) in [4.78, 5) is 8.30. The van der Waals surface area contributed by atoms with Crippen molar-refractivity contribution in [3.05, 3.63) is 71.0 Å². The van der Waals surface area contributed by atoms with E-state index >= 15 is 0 Å². The van der Waals surface area contributed by atoms with Gasteiger partial charge in [0, 0.05) is 23.3 Å². The molecule has 4 rings (SSSR count). The lowest BCUT2D eigenvalue weighted by Crippen LogP contribution is -2.25. The Morgan fingerprint density at radius 2 is 1.81 bits per heavy atom. The van der Waals surface area contributed by atoms with Crippen molar-refractivity contribution in [2.45, 2.75) is 18.0 Å². The third-order valence-corrected chi connectivity index (χ3v) is 6.33. The maximum absolute atomic E-state index is 13.1. The third kappa shape index (κ3) is 3.05. The summed E-state index contributed by atoms with van der Waals surface area (Å²) < 4.78 is 27.5. The van der Waals surface area contributed by atoms with E-state index in [0.29, 0.717) is 10.7 Å². The van der Waals surface area contributed by atoms with E-state index in [1.807, 2.05) is 18.2 Å². The molecule has 0 amide bonds.